The summed E-state index contributed by atoms with van der Waals surface area (Å²) in [6.07, 6.45) is 0.853. The molecule has 0 bridgehead atoms. The Morgan fingerprint density at radius 2 is 2.16 bits per heavy atom. The molecule has 0 saturated heterocycles. The third-order valence-electron chi connectivity index (χ3n) is 2.84. The zero-order chi connectivity index (χ0) is 13.7. The van der Waals surface area contributed by atoms with Gasteiger partial charge in [-0.1, -0.05) is 12.1 Å². The normalized spacial score (nSPS) is 12.4. The van der Waals surface area contributed by atoms with E-state index in [2.05, 4.69) is 18.4 Å². The van der Waals surface area contributed by atoms with E-state index in [9.17, 15) is 0 Å². The van der Waals surface area contributed by atoms with Gasteiger partial charge < -0.3 is 15.2 Å². The smallest absolute Gasteiger partial charge is 0.188 e. The molecule has 1 heterocycles. The molecule has 0 aliphatic rings. The van der Waals surface area contributed by atoms with Crippen molar-refractivity contribution >= 4 is 11.3 Å². The van der Waals surface area contributed by atoms with Crippen molar-refractivity contribution in [2.24, 2.45) is 5.73 Å². The highest BCUT2D eigenvalue weighted by molar-refractivity contribution is 7.10. The fraction of sp³-hybridized carbons (Fsp3) is 0.333. The molecule has 2 aromatic rings. The van der Waals surface area contributed by atoms with Crippen molar-refractivity contribution in [2.45, 2.75) is 19.4 Å². The van der Waals surface area contributed by atoms with Gasteiger partial charge in [0.1, 0.15) is 5.75 Å². The molecular formula is C15H19NO2S. The molecule has 0 aliphatic carbocycles. The third kappa shape index (κ3) is 4.06. The molecule has 3 nitrogen and oxygen atoms in total. The number of ether oxygens (including phenoxy) is 2. The van der Waals surface area contributed by atoms with Gasteiger partial charge >= 0.3 is 0 Å². The first-order valence-electron chi connectivity index (χ1n) is 6.20. The van der Waals surface area contributed by atoms with Crippen LogP contribution >= 0.6 is 11.3 Å². The Kier molecular flexibility index (Phi) is 4.96. The highest BCUT2D eigenvalue weighted by atomic mass is 32.1. The monoisotopic (exact) mass is 277 g/mol. The van der Waals surface area contributed by atoms with Gasteiger partial charge in [0.2, 0.25) is 0 Å². The first kappa shape index (κ1) is 14.1. The first-order chi connectivity index (χ1) is 9.19. The zero-order valence-corrected chi connectivity index (χ0v) is 12.1. The van der Waals surface area contributed by atoms with Gasteiger partial charge in [-0.05, 0) is 41.6 Å². The number of thiophene rings is 1. The number of methoxy groups -OCH3 is 1. The average Bonchev–Trinajstić information content (AvgIpc) is 2.82. The molecule has 0 spiro atoms. The predicted octanol–water partition coefficient (Wildman–Crippen LogP) is 3.28. The van der Waals surface area contributed by atoms with Gasteiger partial charge in [0.25, 0.3) is 0 Å². The Labute approximate surface area is 118 Å². The molecule has 0 amide bonds. The standard InChI is InChI=1S/C15H19NO2S/c1-11-6-14(19-9-11)8-15(16)12-4-3-5-13(7-12)18-10-17-2/h3-7,9,15H,8,10,16H2,1-2H3. The molecule has 102 valence electrons. The van der Waals surface area contributed by atoms with Crippen molar-refractivity contribution in [1.29, 1.82) is 0 Å². The SMILES string of the molecule is COCOc1cccc(C(N)Cc2cc(C)cs2)c1. The topological polar surface area (TPSA) is 44.5 Å². The number of hydrogen-bond acceptors (Lipinski definition) is 4. The van der Waals surface area contributed by atoms with Gasteiger partial charge in [-0.3, -0.25) is 0 Å². The quantitative estimate of drug-likeness (QED) is 0.824. The van der Waals surface area contributed by atoms with E-state index in [-0.39, 0.29) is 12.8 Å². The van der Waals surface area contributed by atoms with Crippen molar-refractivity contribution in [2.75, 3.05) is 13.9 Å². The van der Waals surface area contributed by atoms with Crippen molar-refractivity contribution in [1.82, 2.24) is 0 Å². The third-order valence-corrected chi connectivity index (χ3v) is 3.91. The highest BCUT2D eigenvalue weighted by Crippen LogP contribution is 2.23. The van der Waals surface area contributed by atoms with Gasteiger partial charge in [-0.25, -0.2) is 0 Å². The minimum Gasteiger partial charge on any atom is -0.468 e. The molecule has 1 aromatic heterocycles. The van der Waals surface area contributed by atoms with Crippen LogP contribution in [0.1, 0.15) is 22.0 Å². The lowest BCUT2D eigenvalue weighted by molar-refractivity contribution is 0.0510. The average molecular weight is 277 g/mol. The van der Waals surface area contributed by atoms with Crippen LogP contribution in [0.2, 0.25) is 0 Å². The van der Waals surface area contributed by atoms with Crippen molar-refractivity contribution in [3.63, 3.8) is 0 Å². The lowest BCUT2D eigenvalue weighted by Gasteiger charge is -2.12. The summed E-state index contributed by atoms with van der Waals surface area (Å²) in [5, 5.41) is 2.15. The minimum atomic E-state index is -0.0101. The maximum absolute atomic E-state index is 6.25. The van der Waals surface area contributed by atoms with Crippen LogP contribution in [0.15, 0.2) is 35.7 Å². The van der Waals surface area contributed by atoms with Crippen molar-refractivity contribution in [3.05, 3.63) is 51.7 Å². The fourth-order valence-corrected chi connectivity index (χ4v) is 2.83. The minimum absolute atomic E-state index is 0.0101. The maximum atomic E-state index is 6.25. The van der Waals surface area contributed by atoms with Crippen LogP contribution < -0.4 is 10.5 Å². The van der Waals surface area contributed by atoms with E-state index in [1.807, 2.05) is 24.3 Å². The van der Waals surface area contributed by atoms with Crippen molar-refractivity contribution < 1.29 is 9.47 Å². The van der Waals surface area contributed by atoms with Gasteiger partial charge in [-0.2, -0.15) is 0 Å². The van der Waals surface area contributed by atoms with Crippen LogP contribution in [0.5, 0.6) is 5.75 Å². The molecule has 0 saturated carbocycles. The van der Waals surface area contributed by atoms with Crippen LogP contribution in [0.4, 0.5) is 0 Å². The Balaban J connectivity index is 2.03. The van der Waals surface area contributed by atoms with Crippen LogP contribution in [-0.4, -0.2) is 13.9 Å². The lowest BCUT2D eigenvalue weighted by atomic mass is 10.0. The van der Waals surface area contributed by atoms with Gasteiger partial charge in [0.15, 0.2) is 6.79 Å². The molecule has 1 aromatic carbocycles. The summed E-state index contributed by atoms with van der Waals surface area (Å²) in [5.41, 5.74) is 8.63. The van der Waals surface area contributed by atoms with Crippen molar-refractivity contribution in [3.8, 4) is 5.75 Å². The molecule has 2 N–H and O–H groups in total. The molecular weight excluding hydrogens is 258 g/mol. The Bertz CT molecular complexity index is 524. The Morgan fingerprint density at radius 3 is 2.84 bits per heavy atom. The van der Waals surface area contributed by atoms with E-state index in [0.29, 0.717) is 0 Å². The van der Waals surface area contributed by atoms with Gasteiger partial charge in [0, 0.05) is 24.4 Å². The molecule has 1 unspecified atom stereocenters. The van der Waals surface area contributed by atoms with E-state index in [1.165, 1.54) is 10.4 Å². The highest BCUT2D eigenvalue weighted by Gasteiger charge is 2.09. The number of rotatable bonds is 6. The van der Waals surface area contributed by atoms with E-state index in [0.717, 1.165) is 17.7 Å². The second-order valence-electron chi connectivity index (χ2n) is 4.52. The van der Waals surface area contributed by atoms with Gasteiger partial charge in [-0.15, -0.1) is 11.3 Å². The molecule has 0 aliphatic heterocycles. The van der Waals surface area contributed by atoms with Gasteiger partial charge in [0.05, 0.1) is 0 Å². The van der Waals surface area contributed by atoms with Crippen LogP contribution in [0.3, 0.4) is 0 Å². The molecule has 4 heteroatoms. The van der Waals surface area contributed by atoms with E-state index < -0.39 is 0 Å². The second kappa shape index (κ2) is 6.70. The summed E-state index contributed by atoms with van der Waals surface area (Å²) >= 11 is 1.76. The summed E-state index contributed by atoms with van der Waals surface area (Å²) in [7, 11) is 1.61. The summed E-state index contributed by atoms with van der Waals surface area (Å²) in [6.45, 7) is 2.35. The number of nitrogens with two attached hydrogens (primary N) is 1. The number of hydrogen-bond donors (Lipinski definition) is 1. The summed E-state index contributed by atoms with van der Waals surface area (Å²) < 4.78 is 10.3. The van der Waals surface area contributed by atoms with Crippen LogP contribution in [0.25, 0.3) is 0 Å². The fourth-order valence-electron chi connectivity index (χ4n) is 1.89. The molecule has 1 atom stereocenters. The predicted molar refractivity (Wildman–Crippen MR) is 78.6 cm³/mol. The molecule has 2 rings (SSSR count). The Morgan fingerprint density at radius 1 is 1.32 bits per heavy atom. The zero-order valence-electron chi connectivity index (χ0n) is 11.3. The number of aryl methyl sites for hydroxylation is 1. The van der Waals surface area contributed by atoms with E-state index in [4.69, 9.17) is 15.2 Å². The lowest BCUT2D eigenvalue weighted by Crippen LogP contribution is -2.13. The first-order valence-corrected chi connectivity index (χ1v) is 7.08. The summed E-state index contributed by atoms with van der Waals surface area (Å²) in [5.74, 6) is 0.789. The summed E-state index contributed by atoms with van der Waals surface area (Å²) in [6, 6.07) is 10.1. The Hall–Kier alpha value is -1.36. The molecule has 0 radical (unpaired) electrons. The number of benzene rings is 1. The van der Waals surface area contributed by atoms with Crippen LogP contribution in [0, 0.1) is 6.92 Å². The summed E-state index contributed by atoms with van der Waals surface area (Å²) in [4.78, 5) is 1.31. The maximum Gasteiger partial charge on any atom is 0.188 e. The second-order valence-corrected chi connectivity index (χ2v) is 5.52. The molecule has 19 heavy (non-hydrogen) atoms. The molecule has 0 fully saturated rings. The largest absolute Gasteiger partial charge is 0.468 e. The van der Waals surface area contributed by atoms with Crippen LogP contribution in [-0.2, 0) is 11.2 Å². The van der Waals surface area contributed by atoms with E-state index >= 15 is 0 Å². The van der Waals surface area contributed by atoms with E-state index in [1.54, 1.807) is 18.4 Å².